The predicted molar refractivity (Wildman–Crippen MR) is 75.2 cm³/mol. The number of nitrogens with two attached hydrogens (primary N) is 1. The Bertz CT molecular complexity index is 549. The zero-order chi connectivity index (χ0) is 14.5. The van der Waals surface area contributed by atoms with Crippen LogP contribution in [-0.4, -0.2) is 31.7 Å². The molecule has 1 atom stereocenters. The number of amides is 1. The van der Waals surface area contributed by atoms with Crippen molar-refractivity contribution in [3.8, 4) is 5.82 Å². The van der Waals surface area contributed by atoms with Crippen molar-refractivity contribution >= 4 is 11.6 Å². The van der Waals surface area contributed by atoms with Gasteiger partial charge in [0.1, 0.15) is 12.7 Å². The van der Waals surface area contributed by atoms with Gasteiger partial charge in [0.05, 0.1) is 11.9 Å². The summed E-state index contributed by atoms with van der Waals surface area (Å²) in [6.45, 7) is 3.98. The second kappa shape index (κ2) is 6.25. The molecule has 2 aromatic heterocycles. The average molecular weight is 274 g/mol. The number of hydrogen-bond acceptors (Lipinski definition) is 5. The Balaban J connectivity index is 1.95. The van der Waals surface area contributed by atoms with E-state index in [4.69, 9.17) is 5.73 Å². The summed E-state index contributed by atoms with van der Waals surface area (Å²) in [6, 6.07) is 3.38. The van der Waals surface area contributed by atoms with Gasteiger partial charge in [-0.25, -0.2) is 14.6 Å². The molecule has 0 aliphatic heterocycles. The monoisotopic (exact) mass is 274 g/mol. The highest BCUT2D eigenvalue weighted by molar-refractivity contribution is 5.90. The Labute approximate surface area is 117 Å². The van der Waals surface area contributed by atoms with Crippen LogP contribution in [-0.2, 0) is 4.79 Å². The van der Waals surface area contributed by atoms with Crippen molar-refractivity contribution in [3.63, 3.8) is 0 Å². The zero-order valence-corrected chi connectivity index (χ0v) is 11.5. The van der Waals surface area contributed by atoms with E-state index in [0.29, 0.717) is 17.9 Å². The fourth-order valence-corrected chi connectivity index (χ4v) is 1.58. The minimum atomic E-state index is -0.141. The van der Waals surface area contributed by atoms with E-state index in [2.05, 4.69) is 20.4 Å². The molecule has 3 N–H and O–H groups in total. The Hall–Kier alpha value is -2.28. The zero-order valence-electron chi connectivity index (χ0n) is 11.5. The number of nitrogens with one attached hydrogen (secondary N) is 1. The first-order valence-corrected chi connectivity index (χ1v) is 6.42. The highest BCUT2D eigenvalue weighted by Gasteiger charge is 2.13. The van der Waals surface area contributed by atoms with E-state index < -0.39 is 0 Å². The van der Waals surface area contributed by atoms with Crippen LogP contribution in [0, 0.1) is 5.92 Å². The van der Waals surface area contributed by atoms with Gasteiger partial charge in [0.15, 0.2) is 5.82 Å². The number of anilines is 1. The second-order valence-corrected chi connectivity index (χ2v) is 4.91. The van der Waals surface area contributed by atoms with Crippen LogP contribution in [0.2, 0.25) is 0 Å². The van der Waals surface area contributed by atoms with E-state index in [9.17, 15) is 4.79 Å². The van der Waals surface area contributed by atoms with Gasteiger partial charge in [0.2, 0.25) is 5.91 Å². The molecule has 0 aromatic carbocycles. The molecule has 0 radical (unpaired) electrons. The molecule has 2 aromatic rings. The second-order valence-electron chi connectivity index (χ2n) is 4.91. The summed E-state index contributed by atoms with van der Waals surface area (Å²) < 4.78 is 1.54. The van der Waals surface area contributed by atoms with E-state index in [-0.39, 0.29) is 17.9 Å². The normalized spacial score (nSPS) is 12.4. The lowest BCUT2D eigenvalue weighted by Gasteiger charge is -2.14. The average Bonchev–Trinajstić information content (AvgIpc) is 2.93. The molecule has 0 saturated carbocycles. The SMILES string of the molecule is CC(C)C(N)CC(=O)Nc1ccc(-n2cncn2)nc1. The van der Waals surface area contributed by atoms with Gasteiger partial charge in [0.25, 0.3) is 0 Å². The molecule has 0 aliphatic rings. The van der Waals surface area contributed by atoms with E-state index in [0.717, 1.165) is 0 Å². The fourth-order valence-electron chi connectivity index (χ4n) is 1.58. The molecule has 0 bridgehead atoms. The summed E-state index contributed by atoms with van der Waals surface area (Å²) in [6.07, 6.45) is 4.87. The molecule has 2 heterocycles. The van der Waals surface area contributed by atoms with Gasteiger partial charge in [-0.2, -0.15) is 5.10 Å². The molecule has 0 fully saturated rings. The smallest absolute Gasteiger partial charge is 0.225 e. The largest absolute Gasteiger partial charge is 0.327 e. The topological polar surface area (TPSA) is 98.7 Å². The quantitative estimate of drug-likeness (QED) is 0.846. The third kappa shape index (κ3) is 3.61. The molecule has 0 spiro atoms. The molecule has 0 saturated heterocycles. The van der Waals surface area contributed by atoms with Gasteiger partial charge in [-0.1, -0.05) is 13.8 Å². The summed E-state index contributed by atoms with van der Waals surface area (Å²) in [5, 5.41) is 6.75. The third-order valence-electron chi connectivity index (χ3n) is 2.96. The van der Waals surface area contributed by atoms with Crippen LogP contribution in [0.25, 0.3) is 5.82 Å². The number of pyridine rings is 1. The van der Waals surface area contributed by atoms with Crippen molar-refractivity contribution < 1.29 is 4.79 Å². The minimum absolute atomic E-state index is 0.110. The number of aromatic nitrogens is 4. The van der Waals surface area contributed by atoms with Crippen LogP contribution in [0.3, 0.4) is 0 Å². The number of hydrogen-bond donors (Lipinski definition) is 2. The summed E-state index contributed by atoms with van der Waals surface area (Å²) in [5.74, 6) is 0.800. The van der Waals surface area contributed by atoms with Gasteiger partial charge in [-0.15, -0.1) is 0 Å². The Morgan fingerprint density at radius 3 is 2.80 bits per heavy atom. The minimum Gasteiger partial charge on any atom is -0.327 e. The van der Waals surface area contributed by atoms with Crippen molar-refractivity contribution in [1.82, 2.24) is 19.7 Å². The van der Waals surface area contributed by atoms with Crippen LogP contribution in [0.1, 0.15) is 20.3 Å². The van der Waals surface area contributed by atoms with Crippen molar-refractivity contribution in [2.24, 2.45) is 11.7 Å². The molecular weight excluding hydrogens is 256 g/mol. The van der Waals surface area contributed by atoms with Crippen molar-refractivity contribution in [2.75, 3.05) is 5.32 Å². The third-order valence-corrected chi connectivity index (χ3v) is 2.96. The van der Waals surface area contributed by atoms with Crippen LogP contribution in [0.5, 0.6) is 0 Å². The lowest BCUT2D eigenvalue weighted by molar-refractivity contribution is -0.116. The lowest BCUT2D eigenvalue weighted by atomic mass is 10.0. The van der Waals surface area contributed by atoms with Crippen molar-refractivity contribution in [1.29, 1.82) is 0 Å². The van der Waals surface area contributed by atoms with E-state index in [1.165, 1.54) is 6.33 Å². The van der Waals surface area contributed by atoms with E-state index in [1.807, 2.05) is 13.8 Å². The van der Waals surface area contributed by atoms with Gasteiger partial charge in [0, 0.05) is 12.5 Å². The number of nitrogens with zero attached hydrogens (tertiary/aromatic N) is 4. The first kappa shape index (κ1) is 14.1. The Morgan fingerprint density at radius 1 is 1.45 bits per heavy atom. The van der Waals surface area contributed by atoms with Crippen molar-refractivity contribution in [3.05, 3.63) is 31.0 Å². The molecule has 7 heteroatoms. The van der Waals surface area contributed by atoms with Crippen LogP contribution < -0.4 is 11.1 Å². The molecule has 0 aliphatic carbocycles. The van der Waals surface area contributed by atoms with Gasteiger partial charge in [-0.3, -0.25) is 4.79 Å². The van der Waals surface area contributed by atoms with E-state index >= 15 is 0 Å². The van der Waals surface area contributed by atoms with Gasteiger partial charge >= 0.3 is 0 Å². The molecule has 2 rings (SSSR count). The Kier molecular flexibility index (Phi) is 4.41. The maximum Gasteiger partial charge on any atom is 0.225 e. The number of rotatable bonds is 5. The highest BCUT2D eigenvalue weighted by atomic mass is 16.1. The highest BCUT2D eigenvalue weighted by Crippen LogP contribution is 2.10. The standard InChI is InChI=1S/C13H18N6O/c1-9(2)11(14)5-13(20)18-10-3-4-12(16-6-10)19-8-15-7-17-19/h3-4,6-9,11H,5,14H2,1-2H3,(H,18,20). The first-order valence-electron chi connectivity index (χ1n) is 6.42. The maximum absolute atomic E-state index is 11.8. The lowest BCUT2D eigenvalue weighted by Crippen LogP contribution is -2.31. The Morgan fingerprint density at radius 2 is 2.25 bits per heavy atom. The van der Waals surface area contributed by atoms with Gasteiger partial charge in [-0.05, 0) is 18.1 Å². The molecule has 7 nitrogen and oxygen atoms in total. The molecular formula is C13H18N6O. The summed E-state index contributed by atoms with van der Waals surface area (Å²) in [5.41, 5.74) is 6.50. The van der Waals surface area contributed by atoms with Gasteiger partial charge < -0.3 is 11.1 Å². The summed E-state index contributed by atoms with van der Waals surface area (Å²) in [7, 11) is 0. The van der Waals surface area contributed by atoms with Crippen molar-refractivity contribution in [2.45, 2.75) is 26.3 Å². The first-order chi connectivity index (χ1) is 9.56. The van der Waals surface area contributed by atoms with Crippen LogP contribution in [0.15, 0.2) is 31.0 Å². The number of carbonyl (C=O) groups is 1. The predicted octanol–water partition coefficient (Wildman–Crippen LogP) is 0.974. The fraction of sp³-hybridized carbons (Fsp3) is 0.385. The number of carbonyl (C=O) groups excluding carboxylic acids is 1. The summed E-state index contributed by atoms with van der Waals surface area (Å²) in [4.78, 5) is 19.8. The molecule has 1 amide bonds. The van der Waals surface area contributed by atoms with E-state index in [1.54, 1.807) is 29.3 Å². The molecule has 1 unspecified atom stereocenters. The van der Waals surface area contributed by atoms with Crippen LogP contribution in [0.4, 0.5) is 5.69 Å². The summed E-state index contributed by atoms with van der Waals surface area (Å²) >= 11 is 0. The van der Waals surface area contributed by atoms with Crippen LogP contribution >= 0.6 is 0 Å². The maximum atomic E-state index is 11.8. The molecule has 20 heavy (non-hydrogen) atoms. The molecule has 106 valence electrons.